The Bertz CT molecular complexity index is 650. The van der Waals surface area contributed by atoms with Crippen LogP contribution < -0.4 is 0 Å². The van der Waals surface area contributed by atoms with Gasteiger partial charge in [0.15, 0.2) is 5.12 Å². The highest BCUT2D eigenvalue weighted by Gasteiger charge is 2.62. The lowest BCUT2D eigenvalue weighted by Gasteiger charge is -2.60. The van der Waals surface area contributed by atoms with E-state index in [1.807, 2.05) is 0 Å². The van der Waals surface area contributed by atoms with Gasteiger partial charge in [0.05, 0.1) is 0 Å². The molecule has 0 saturated heterocycles. The molecule has 0 aromatic rings. The first kappa shape index (κ1) is 14.6. The van der Waals surface area contributed by atoms with Gasteiger partial charge in [-0.15, -0.1) is 12.6 Å². The minimum atomic E-state index is 0.126. The molecule has 3 fully saturated rings. The van der Waals surface area contributed by atoms with Gasteiger partial charge in [-0.05, 0) is 80.8 Å². The Kier molecular flexibility index (Phi) is 2.84. The minimum Gasteiger partial charge on any atom is -0.486 e. The minimum absolute atomic E-state index is 0.126. The van der Waals surface area contributed by atoms with Crippen LogP contribution in [0, 0.1) is 34.5 Å². The summed E-state index contributed by atoms with van der Waals surface area (Å²) in [7, 11) is 0. The summed E-state index contributed by atoms with van der Waals surface area (Å²) in [6.45, 7) is 4.80. The second-order valence-corrected chi connectivity index (χ2v) is 9.38. The Balaban J connectivity index is 1.52. The van der Waals surface area contributed by atoms with Gasteiger partial charge in [0.1, 0.15) is 11.9 Å². The molecule has 2 unspecified atom stereocenters. The molecule has 124 valence electrons. The molecule has 6 aliphatic rings. The summed E-state index contributed by atoms with van der Waals surface area (Å²) in [5.74, 6) is 3.56. The highest BCUT2D eigenvalue weighted by atomic mass is 32.1. The van der Waals surface area contributed by atoms with Gasteiger partial charge >= 0.3 is 0 Å². The van der Waals surface area contributed by atoms with Crippen LogP contribution in [0.25, 0.3) is 0 Å². The van der Waals surface area contributed by atoms with Gasteiger partial charge in [-0.25, -0.2) is 0 Å². The first-order valence-electron chi connectivity index (χ1n) is 9.27. The zero-order chi connectivity index (χ0) is 16.0. The molecule has 3 heteroatoms. The first-order chi connectivity index (χ1) is 10.9. The predicted molar refractivity (Wildman–Crippen MR) is 92.9 cm³/mol. The van der Waals surface area contributed by atoms with Crippen molar-refractivity contribution in [2.45, 2.75) is 58.5 Å². The van der Waals surface area contributed by atoms with E-state index in [0.717, 1.165) is 12.3 Å². The van der Waals surface area contributed by atoms with Crippen molar-refractivity contribution >= 4 is 17.7 Å². The monoisotopic (exact) mass is 330 g/mol. The van der Waals surface area contributed by atoms with Crippen LogP contribution in [0.15, 0.2) is 23.5 Å². The molecule has 0 aromatic heterocycles. The van der Waals surface area contributed by atoms with Crippen LogP contribution >= 0.6 is 12.6 Å². The third-order valence-corrected chi connectivity index (χ3v) is 8.66. The number of thiol groups is 1. The fourth-order valence-corrected chi connectivity index (χ4v) is 7.53. The van der Waals surface area contributed by atoms with Gasteiger partial charge in [0.2, 0.25) is 0 Å². The molecule has 0 N–H and O–H groups in total. The summed E-state index contributed by atoms with van der Waals surface area (Å²) < 4.78 is 6.01. The zero-order valence-corrected chi connectivity index (χ0v) is 14.9. The molecule has 2 heterocycles. The van der Waals surface area contributed by atoms with Crippen molar-refractivity contribution in [3.05, 3.63) is 23.5 Å². The molecule has 4 aliphatic carbocycles. The molecule has 0 spiro atoms. The molecule has 0 amide bonds. The lowest BCUT2D eigenvalue weighted by atomic mass is 9.47. The van der Waals surface area contributed by atoms with Crippen molar-refractivity contribution in [1.82, 2.24) is 0 Å². The maximum absolute atomic E-state index is 12.0. The fraction of sp³-hybridized carbons (Fsp3) is 0.750. The van der Waals surface area contributed by atoms with Gasteiger partial charge in [-0.3, -0.25) is 4.79 Å². The summed E-state index contributed by atoms with van der Waals surface area (Å²) in [4.78, 5) is 12.0. The van der Waals surface area contributed by atoms with Crippen LogP contribution in [-0.4, -0.2) is 11.2 Å². The molecular formula is C20H26O2S. The van der Waals surface area contributed by atoms with Crippen molar-refractivity contribution in [2.75, 3.05) is 0 Å². The molecule has 0 radical (unpaired) electrons. The first-order valence-corrected chi connectivity index (χ1v) is 9.72. The van der Waals surface area contributed by atoms with Crippen LogP contribution in [0.4, 0.5) is 0 Å². The smallest absolute Gasteiger partial charge is 0.189 e. The molecule has 2 aliphatic heterocycles. The zero-order valence-electron chi connectivity index (χ0n) is 14.0. The third kappa shape index (κ3) is 1.65. The van der Waals surface area contributed by atoms with Crippen LogP contribution in [0.5, 0.6) is 0 Å². The summed E-state index contributed by atoms with van der Waals surface area (Å²) in [6, 6.07) is 0. The summed E-state index contributed by atoms with van der Waals surface area (Å²) in [6.07, 6.45) is 12.2. The van der Waals surface area contributed by atoms with E-state index >= 15 is 0 Å². The number of allylic oxidation sites excluding steroid dienone is 1. The van der Waals surface area contributed by atoms with Crippen LogP contribution in [0.3, 0.4) is 0 Å². The molecule has 6 rings (SSSR count). The van der Waals surface area contributed by atoms with Crippen molar-refractivity contribution in [3.63, 3.8) is 0 Å². The van der Waals surface area contributed by atoms with E-state index in [-0.39, 0.29) is 28.0 Å². The number of hydrogen-bond acceptors (Lipinski definition) is 2. The van der Waals surface area contributed by atoms with E-state index in [0.29, 0.717) is 11.8 Å². The van der Waals surface area contributed by atoms with Crippen LogP contribution in [0.2, 0.25) is 0 Å². The van der Waals surface area contributed by atoms with E-state index in [9.17, 15) is 4.79 Å². The van der Waals surface area contributed by atoms with E-state index in [1.54, 1.807) is 5.57 Å². The van der Waals surface area contributed by atoms with E-state index in [1.165, 1.54) is 37.9 Å². The molecule has 0 aromatic carbocycles. The molecule has 7 atom stereocenters. The third-order valence-electron chi connectivity index (χ3n) is 8.35. The SMILES string of the molecule is C[C@@]12C(=CC3C=C1O3)CC[C@@H]1[C@@H]2CC[C@]2(C)C(C(=O)S)CC[C@@H]12. The van der Waals surface area contributed by atoms with E-state index in [4.69, 9.17) is 4.74 Å². The van der Waals surface area contributed by atoms with E-state index in [2.05, 4.69) is 38.6 Å². The van der Waals surface area contributed by atoms with Gasteiger partial charge in [-0.2, -0.15) is 0 Å². The molecule has 2 nitrogen and oxygen atoms in total. The van der Waals surface area contributed by atoms with Crippen LogP contribution in [0.1, 0.15) is 52.4 Å². The molecular weight excluding hydrogens is 304 g/mol. The average molecular weight is 330 g/mol. The Morgan fingerprint density at radius 2 is 1.96 bits per heavy atom. The standard InChI is InChI=1S/C20H26O2S/c1-19-8-7-15-13(14(19)5-6-16(19)18(21)23)4-3-11-9-12-10-17(22-12)20(11,15)2/h9-10,12-16H,3-8H2,1-2H3,(H,21,23)/t12?,13-,14-,15-,16?,19-,20-/m0/s1. The lowest BCUT2D eigenvalue weighted by molar-refractivity contribution is -0.121. The summed E-state index contributed by atoms with van der Waals surface area (Å²) in [5, 5.41) is 0.126. The number of hydrogen-bond donors (Lipinski definition) is 1. The Morgan fingerprint density at radius 1 is 1.17 bits per heavy atom. The van der Waals surface area contributed by atoms with Gasteiger partial charge in [0.25, 0.3) is 0 Å². The van der Waals surface area contributed by atoms with Gasteiger partial charge < -0.3 is 4.74 Å². The summed E-state index contributed by atoms with van der Waals surface area (Å²) in [5.41, 5.74) is 1.96. The number of rotatable bonds is 1. The topological polar surface area (TPSA) is 26.3 Å². The van der Waals surface area contributed by atoms with Crippen LogP contribution in [-0.2, 0) is 9.53 Å². The van der Waals surface area contributed by atoms with Crippen molar-refractivity contribution in [3.8, 4) is 0 Å². The number of carbonyl (C=O) groups excluding carboxylic acids is 1. The highest BCUT2D eigenvalue weighted by Crippen LogP contribution is 2.68. The maximum Gasteiger partial charge on any atom is 0.189 e. The quantitative estimate of drug-likeness (QED) is 0.565. The van der Waals surface area contributed by atoms with Gasteiger partial charge in [0, 0.05) is 11.3 Å². The molecule has 3 saturated carbocycles. The predicted octanol–water partition coefficient (Wildman–Crippen LogP) is 4.52. The second-order valence-electron chi connectivity index (χ2n) is 8.94. The Hall–Kier alpha value is -0.700. The van der Waals surface area contributed by atoms with Gasteiger partial charge in [-0.1, -0.05) is 12.5 Å². The second kappa shape index (κ2) is 4.47. The highest BCUT2D eigenvalue weighted by molar-refractivity contribution is 7.96. The van der Waals surface area contributed by atoms with Crippen molar-refractivity contribution < 1.29 is 9.53 Å². The normalized spacial score (nSPS) is 52.9. The Morgan fingerprint density at radius 3 is 2.70 bits per heavy atom. The lowest BCUT2D eigenvalue weighted by Crippen LogP contribution is -2.53. The van der Waals surface area contributed by atoms with Crippen molar-refractivity contribution in [1.29, 1.82) is 0 Å². The summed E-state index contributed by atoms with van der Waals surface area (Å²) >= 11 is 4.22. The van der Waals surface area contributed by atoms with E-state index < -0.39 is 0 Å². The Labute approximate surface area is 144 Å². The molecule has 23 heavy (non-hydrogen) atoms. The number of carbonyl (C=O) groups is 1. The maximum atomic E-state index is 12.0. The fourth-order valence-electron chi connectivity index (χ4n) is 7.10. The molecule has 2 bridgehead atoms. The number of fused-ring (bicyclic) bond motifs is 3. The van der Waals surface area contributed by atoms with Crippen molar-refractivity contribution in [2.24, 2.45) is 34.5 Å². The number of ether oxygens (including phenoxy) is 1. The largest absolute Gasteiger partial charge is 0.486 e. The average Bonchev–Trinajstić information content (AvgIpc) is 2.82.